The molecule has 22 heavy (non-hydrogen) atoms. The number of nitrogen functional groups attached to an aromatic ring is 1. The molecule has 110 valence electrons. The molecule has 0 aromatic heterocycles. The van der Waals surface area contributed by atoms with Crippen molar-refractivity contribution >= 4 is 28.7 Å². The SMILES string of the molecule is Nc1cccc2ccccc12.O=Cc1ccccc1C(=O)O. The molecule has 3 aromatic rings. The van der Waals surface area contributed by atoms with Gasteiger partial charge in [-0.1, -0.05) is 54.6 Å². The molecule has 4 nitrogen and oxygen atoms in total. The molecular formula is C18H15NO3. The number of carbonyl (C=O) groups is 2. The maximum atomic E-state index is 10.4. The van der Waals surface area contributed by atoms with E-state index in [1.54, 1.807) is 12.1 Å². The van der Waals surface area contributed by atoms with Gasteiger partial charge in [0.1, 0.15) is 0 Å². The molecule has 0 aliphatic heterocycles. The van der Waals surface area contributed by atoms with Gasteiger partial charge in [0, 0.05) is 16.6 Å². The lowest BCUT2D eigenvalue weighted by Gasteiger charge is -1.98. The maximum Gasteiger partial charge on any atom is 0.336 e. The molecule has 0 saturated carbocycles. The summed E-state index contributed by atoms with van der Waals surface area (Å²) in [5, 5.41) is 10.9. The molecule has 0 unspecified atom stereocenters. The number of aldehydes is 1. The van der Waals surface area contributed by atoms with E-state index in [0.717, 1.165) is 11.1 Å². The Morgan fingerprint density at radius 1 is 0.909 bits per heavy atom. The average molecular weight is 293 g/mol. The number of hydrogen-bond donors (Lipinski definition) is 2. The van der Waals surface area contributed by atoms with Crippen LogP contribution in [0.5, 0.6) is 0 Å². The Bertz CT molecular complexity index is 807. The third-order valence-electron chi connectivity index (χ3n) is 3.14. The van der Waals surface area contributed by atoms with Crippen molar-refractivity contribution < 1.29 is 14.7 Å². The van der Waals surface area contributed by atoms with Crippen LogP contribution in [0.25, 0.3) is 10.8 Å². The first-order valence-electron chi connectivity index (χ1n) is 6.64. The first-order valence-corrected chi connectivity index (χ1v) is 6.64. The van der Waals surface area contributed by atoms with Gasteiger partial charge in [0.25, 0.3) is 0 Å². The molecule has 0 bridgehead atoms. The summed E-state index contributed by atoms with van der Waals surface area (Å²) in [5.41, 5.74) is 6.86. The lowest BCUT2D eigenvalue weighted by atomic mass is 10.1. The van der Waals surface area contributed by atoms with Gasteiger partial charge in [-0.25, -0.2) is 4.79 Å². The van der Waals surface area contributed by atoms with E-state index in [2.05, 4.69) is 12.1 Å². The predicted octanol–water partition coefficient (Wildman–Crippen LogP) is 3.62. The maximum absolute atomic E-state index is 10.4. The second-order valence-electron chi connectivity index (χ2n) is 4.58. The van der Waals surface area contributed by atoms with Crippen LogP contribution in [0.4, 0.5) is 5.69 Å². The normalized spacial score (nSPS) is 9.64. The van der Waals surface area contributed by atoms with E-state index in [4.69, 9.17) is 10.8 Å². The van der Waals surface area contributed by atoms with Crippen LogP contribution in [0, 0.1) is 0 Å². The smallest absolute Gasteiger partial charge is 0.336 e. The van der Waals surface area contributed by atoms with Gasteiger partial charge >= 0.3 is 5.97 Å². The van der Waals surface area contributed by atoms with Crippen molar-refractivity contribution in [1.82, 2.24) is 0 Å². The Labute approximate surface area is 127 Å². The fourth-order valence-electron chi connectivity index (χ4n) is 2.05. The molecule has 0 aliphatic rings. The van der Waals surface area contributed by atoms with E-state index in [1.165, 1.54) is 17.5 Å². The second-order valence-corrected chi connectivity index (χ2v) is 4.58. The summed E-state index contributed by atoms with van der Waals surface area (Å²) in [6, 6.07) is 20.1. The van der Waals surface area contributed by atoms with E-state index in [9.17, 15) is 9.59 Å². The van der Waals surface area contributed by atoms with Gasteiger partial charge in [0.15, 0.2) is 6.29 Å². The van der Waals surface area contributed by atoms with Crippen LogP contribution in [0.15, 0.2) is 66.7 Å². The molecule has 0 radical (unpaired) electrons. The topological polar surface area (TPSA) is 80.4 Å². The van der Waals surface area contributed by atoms with Gasteiger partial charge in [-0.15, -0.1) is 0 Å². The van der Waals surface area contributed by atoms with Gasteiger partial charge in [-0.3, -0.25) is 4.79 Å². The summed E-state index contributed by atoms with van der Waals surface area (Å²) in [4.78, 5) is 20.7. The van der Waals surface area contributed by atoms with Gasteiger partial charge in [-0.05, 0) is 17.5 Å². The van der Waals surface area contributed by atoms with E-state index < -0.39 is 5.97 Å². The molecule has 4 heteroatoms. The minimum absolute atomic E-state index is 0.0440. The number of carbonyl (C=O) groups excluding carboxylic acids is 1. The number of benzene rings is 3. The van der Waals surface area contributed by atoms with Crippen molar-refractivity contribution in [2.24, 2.45) is 0 Å². The number of aromatic carboxylic acids is 1. The van der Waals surface area contributed by atoms with Gasteiger partial charge in [-0.2, -0.15) is 0 Å². The van der Waals surface area contributed by atoms with Crippen molar-refractivity contribution in [2.75, 3.05) is 5.73 Å². The third kappa shape index (κ3) is 3.49. The van der Waals surface area contributed by atoms with Crippen LogP contribution in [0.1, 0.15) is 20.7 Å². The number of fused-ring (bicyclic) bond motifs is 1. The predicted molar refractivity (Wildman–Crippen MR) is 87.1 cm³/mol. The van der Waals surface area contributed by atoms with E-state index in [0.29, 0.717) is 6.29 Å². The van der Waals surface area contributed by atoms with Gasteiger partial charge in [0.05, 0.1) is 5.56 Å². The molecular weight excluding hydrogens is 278 g/mol. The van der Waals surface area contributed by atoms with E-state index in [-0.39, 0.29) is 11.1 Å². The lowest BCUT2D eigenvalue weighted by molar-refractivity contribution is 0.0694. The fourth-order valence-corrected chi connectivity index (χ4v) is 2.05. The highest BCUT2D eigenvalue weighted by molar-refractivity contribution is 5.97. The Hall–Kier alpha value is -3.14. The van der Waals surface area contributed by atoms with E-state index in [1.807, 2.05) is 30.3 Å². The molecule has 0 atom stereocenters. The summed E-state index contributed by atoms with van der Waals surface area (Å²) in [5.74, 6) is -1.08. The molecule has 3 N–H and O–H groups in total. The standard InChI is InChI=1S/C10H9N.C8H6O3/c11-10-7-3-5-8-4-1-2-6-9(8)10;9-5-6-3-1-2-4-7(6)8(10)11/h1-7H,11H2;1-5H,(H,10,11). The van der Waals surface area contributed by atoms with Crippen molar-refractivity contribution in [3.63, 3.8) is 0 Å². The minimum Gasteiger partial charge on any atom is -0.478 e. The number of carboxylic acids is 1. The Kier molecular flexibility index (Phi) is 4.88. The quantitative estimate of drug-likeness (QED) is 0.558. The molecule has 0 saturated heterocycles. The zero-order chi connectivity index (χ0) is 15.9. The third-order valence-corrected chi connectivity index (χ3v) is 3.14. The van der Waals surface area contributed by atoms with Crippen LogP contribution in [-0.2, 0) is 0 Å². The average Bonchev–Trinajstić information content (AvgIpc) is 2.56. The summed E-state index contributed by atoms with van der Waals surface area (Å²) >= 11 is 0. The molecule has 0 heterocycles. The number of anilines is 1. The van der Waals surface area contributed by atoms with Crippen molar-refractivity contribution in [3.05, 3.63) is 77.9 Å². The van der Waals surface area contributed by atoms with Crippen LogP contribution in [0.2, 0.25) is 0 Å². The first kappa shape index (κ1) is 15.3. The Balaban J connectivity index is 0.000000160. The molecule has 0 fully saturated rings. The summed E-state index contributed by atoms with van der Waals surface area (Å²) in [7, 11) is 0. The lowest BCUT2D eigenvalue weighted by Crippen LogP contribution is -2.00. The second kappa shape index (κ2) is 7.04. The van der Waals surface area contributed by atoms with Crippen LogP contribution < -0.4 is 5.73 Å². The molecule has 3 aromatic carbocycles. The van der Waals surface area contributed by atoms with Crippen LogP contribution in [0.3, 0.4) is 0 Å². The molecule has 3 rings (SSSR count). The highest BCUT2D eigenvalue weighted by atomic mass is 16.4. The van der Waals surface area contributed by atoms with E-state index >= 15 is 0 Å². The van der Waals surface area contributed by atoms with Gasteiger partial charge in [0.2, 0.25) is 0 Å². The first-order chi connectivity index (χ1) is 10.6. The number of nitrogens with two attached hydrogens (primary N) is 1. The van der Waals surface area contributed by atoms with Crippen molar-refractivity contribution in [3.8, 4) is 0 Å². The Morgan fingerprint density at radius 2 is 1.55 bits per heavy atom. The zero-order valence-corrected chi connectivity index (χ0v) is 11.8. The number of carboxylic acid groups (broad SMARTS) is 1. The number of rotatable bonds is 2. The van der Waals surface area contributed by atoms with Crippen LogP contribution in [-0.4, -0.2) is 17.4 Å². The number of hydrogen-bond acceptors (Lipinski definition) is 3. The van der Waals surface area contributed by atoms with Crippen molar-refractivity contribution in [1.29, 1.82) is 0 Å². The van der Waals surface area contributed by atoms with Crippen molar-refractivity contribution in [2.45, 2.75) is 0 Å². The fraction of sp³-hybridized carbons (Fsp3) is 0. The monoisotopic (exact) mass is 293 g/mol. The highest BCUT2D eigenvalue weighted by Gasteiger charge is 2.06. The molecule has 0 spiro atoms. The molecule has 0 aliphatic carbocycles. The molecule has 0 amide bonds. The summed E-state index contributed by atoms with van der Waals surface area (Å²) in [6.45, 7) is 0. The zero-order valence-electron chi connectivity index (χ0n) is 11.8. The largest absolute Gasteiger partial charge is 0.478 e. The van der Waals surface area contributed by atoms with Gasteiger partial charge < -0.3 is 10.8 Å². The Morgan fingerprint density at radius 3 is 2.18 bits per heavy atom. The summed E-state index contributed by atoms with van der Waals surface area (Å²) < 4.78 is 0. The minimum atomic E-state index is -1.08. The highest BCUT2D eigenvalue weighted by Crippen LogP contribution is 2.19. The van der Waals surface area contributed by atoms with Crippen LogP contribution >= 0.6 is 0 Å². The summed E-state index contributed by atoms with van der Waals surface area (Å²) in [6.07, 6.45) is 0.531.